The Hall–Kier alpha value is -1.98. The van der Waals surface area contributed by atoms with Crippen LogP contribution < -0.4 is 4.74 Å². The van der Waals surface area contributed by atoms with Gasteiger partial charge in [0.05, 0.1) is 0 Å². The molecule has 0 fully saturated rings. The standard InChI is InChI=1S/C12H13F2N3O/c1-17-10(6-8-16-17)5-4-9-3-2-7-15-11(9)18-12(13)14/h2-3,6-8,12H,4-5H2,1H3. The Kier molecular flexibility index (Phi) is 3.86. The van der Waals surface area contributed by atoms with E-state index in [9.17, 15) is 8.78 Å². The van der Waals surface area contributed by atoms with Crippen molar-refractivity contribution in [3.8, 4) is 5.88 Å². The fraction of sp³-hybridized carbons (Fsp3) is 0.333. The average molecular weight is 253 g/mol. The lowest BCUT2D eigenvalue weighted by molar-refractivity contribution is -0.0534. The molecule has 0 aliphatic heterocycles. The van der Waals surface area contributed by atoms with Crippen molar-refractivity contribution < 1.29 is 13.5 Å². The Balaban J connectivity index is 2.07. The van der Waals surface area contributed by atoms with Crippen LogP contribution in [0.1, 0.15) is 11.3 Å². The third-order valence-electron chi connectivity index (χ3n) is 2.62. The Labute approximate surface area is 103 Å². The van der Waals surface area contributed by atoms with Crippen molar-refractivity contribution in [1.82, 2.24) is 14.8 Å². The molecule has 6 heteroatoms. The van der Waals surface area contributed by atoms with Gasteiger partial charge in [-0.3, -0.25) is 4.68 Å². The summed E-state index contributed by atoms with van der Waals surface area (Å²) in [6.07, 6.45) is 4.41. The van der Waals surface area contributed by atoms with Gasteiger partial charge in [-0.1, -0.05) is 6.07 Å². The third kappa shape index (κ3) is 3.03. The van der Waals surface area contributed by atoms with Gasteiger partial charge >= 0.3 is 6.61 Å². The zero-order valence-corrected chi connectivity index (χ0v) is 9.88. The number of rotatable bonds is 5. The molecule has 18 heavy (non-hydrogen) atoms. The highest BCUT2D eigenvalue weighted by atomic mass is 19.3. The molecule has 96 valence electrons. The average Bonchev–Trinajstić information content (AvgIpc) is 2.73. The van der Waals surface area contributed by atoms with E-state index in [4.69, 9.17) is 0 Å². The summed E-state index contributed by atoms with van der Waals surface area (Å²) in [6.45, 7) is -2.85. The quantitative estimate of drug-likeness (QED) is 0.820. The molecule has 0 saturated carbocycles. The number of ether oxygens (including phenoxy) is 1. The van der Waals surface area contributed by atoms with Crippen LogP contribution in [-0.2, 0) is 19.9 Å². The lowest BCUT2D eigenvalue weighted by Crippen LogP contribution is -2.07. The number of nitrogens with zero attached hydrogens (tertiary/aromatic N) is 3. The van der Waals surface area contributed by atoms with Crippen molar-refractivity contribution in [1.29, 1.82) is 0 Å². The van der Waals surface area contributed by atoms with E-state index in [2.05, 4.69) is 14.8 Å². The lowest BCUT2D eigenvalue weighted by Gasteiger charge is -2.09. The van der Waals surface area contributed by atoms with E-state index < -0.39 is 6.61 Å². The van der Waals surface area contributed by atoms with Crippen molar-refractivity contribution in [2.75, 3.05) is 0 Å². The molecule has 4 nitrogen and oxygen atoms in total. The molecule has 0 unspecified atom stereocenters. The highest BCUT2D eigenvalue weighted by Crippen LogP contribution is 2.18. The topological polar surface area (TPSA) is 39.9 Å². The summed E-state index contributed by atoms with van der Waals surface area (Å²) >= 11 is 0. The molecule has 0 spiro atoms. The highest BCUT2D eigenvalue weighted by molar-refractivity contribution is 5.26. The van der Waals surface area contributed by atoms with E-state index >= 15 is 0 Å². The first-order valence-electron chi connectivity index (χ1n) is 5.52. The van der Waals surface area contributed by atoms with Crippen LogP contribution in [0.15, 0.2) is 30.6 Å². The van der Waals surface area contributed by atoms with Crippen LogP contribution in [0.4, 0.5) is 8.78 Å². The molecule has 0 atom stereocenters. The number of hydrogen-bond donors (Lipinski definition) is 0. The van der Waals surface area contributed by atoms with E-state index in [0.717, 1.165) is 5.69 Å². The summed E-state index contributed by atoms with van der Waals surface area (Å²) < 4.78 is 30.5. The number of aryl methyl sites for hydroxylation is 3. The Morgan fingerprint density at radius 2 is 2.11 bits per heavy atom. The molecule has 0 aliphatic carbocycles. The van der Waals surface area contributed by atoms with Crippen LogP contribution in [0.25, 0.3) is 0 Å². The molecule has 0 bridgehead atoms. The summed E-state index contributed by atoms with van der Waals surface area (Å²) in [7, 11) is 1.84. The minimum absolute atomic E-state index is 0.00494. The van der Waals surface area contributed by atoms with E-state index in [1.807, 2.05) is 13.1 Å². The maximum Gasteiger partial charge on any atom is 0.388 e. The van der Waals surface area contributed by atoms with Gasteiger partial charge in [0, 0.05) is 30.7 Å². The fourth-order valence-electron chi connectivity index (χ4n) is 1.71. The van der Waals surface area contributed by atoms with Gasteiger partial charge in [-0.05, 0) is 25.0 Å². The van der Waals surface area contributed by atoms with Crippen LogP contribution in [-0.4, -0.2) is 21.4 Å². The molecule has 2 rings (SSSR count). The molecule has 2 aromatic heterocycles. The summed E-state index contributed by atoms with van der Waals surface area (Å²) in [5.41, 5.74) is 1.70. The first kappa shape index (κ1) is 12.5. The second-order valence-electron chi connectivity index (χ2n) is 3.79. The van der Waals surface area contributed by atoms with Gasteiger partial charge in [-0.2, -0.15) is 13.9 Å². The maximum atomic E-state index is 12.2. The monoisotopic (exact) mass is 253 g/mol. The summed E-state index contributed by atoms with van der Waals surface area (Å²) in [5, 5.41) is 4.05. The molecule has 0 aromatic carbocycles. The zero-order chi connectivity index (χ0) is 13.0. The van der Waals surface area contributed by atoms with Gasteiger partial charge < -0.3 is 4.74 Å². The van der Waals surface area contributed by atoms with Crippen molar-refractivity contribution in [2.24, 2.45) is 7.05 Å². The minimum Gasteiger partial charge on any atom is -0.417 e. The number of halogens is 2. The Morgan fingerprint density at radius 3 is 2.78 bits per heavy atom. The van der Waals surface area contributed by atoms with Crippen molar-refractivity contribution in [2.45, 2.75) is 19.5 Å². The molecular formula is C12H13F2N3O. The molecule has 0 aliphatic rings. The molecule has 2 heterocycles. The van der Waals surface area contributed by atoms with Gasteiger partial charge in [0.15, 0.2) is 0 Å². The van der Waals surface area contributed by atoms with E-state index in [1.54, 1.807) is 23.0 Å². The SMILES string of the molecule is Cn1nccc1CCc1cccnc1OC(F)F. The van der Waals surface area contributed by atoms with Crippen LogP contribution in [0.5, 0.6) is 5.88 Å². The van der Waals surface area contributed by atoms with Crippen LogP contribution in [0.3, 0.4) is 0 Å². The molecule has 2 aromatic rings. The Bertz CT molecular complexity index is 514. The van der Waals surface area contributed by atoms with Gasteiger partial charge in [0.25, 0.3) is 0 Å². The molecule has 0 saturated heterocycles. The van der Waals surface area contributed by atoms with Crippen LogP contribution in [0.2, 0.25) is 0 Å². The van der Waals surface area contributed by atoms with Gasteiger partial charge in [-0.15, -0.1) is 0 Å². The van der Waals surface area contributed by atoms with Gasteiger partial charge in [0.1, 0.15) is 0 Å². The number of hydrogen-bond acceptors (Lipinski definition) is 3. The van der Waals surface area contributed by atoms with Crippen LogP contribution >= 0.6 is 0 Å². The van der Waals surface area contributed by atoms with E-state index in [0.29, 0.717) is 18.4 Å². The van der Waals surface area contributed by atoms with Crippen LogP contribution in [0, 0.1) is 0 Å². The van der Waals surface area contributed by atoms with E-state index in [-0.39, 0.29) is 5.88 Å². The largest absolute Gasteiger partial charge is 0.417 e. The first-order chi connectivity index (χ1) is 8.66. The van der Waals surface area contributed by atoms with Crippen molar-refractivity contribution >= 4 is 0 Å². The van der Waals surface area contributed by atoms with Gasteiger partial charge in [-0.25, -0.2) is 4.98 Å². The minimum atomic E-state index is -2.85. The molecule has 0 amide bonds. The van der Waals surface area contributed by atoms with E-state index in [1.165, 1.54) is 6.20 Å². The summed E-state index contributed by atoms with van der Waals surface area (Å²) in [4.78, 5) is 3.82. The molecule has 0 N–H and O–H groups in total. The summed E-state index contributed by atoms with van der Waals surface area (Å²) in [5.74, 6) is -0.00494. The highest BCUT2D eigenvalue weighted by Gasteiger charge is 2.11. The predicted octanol–water partition coefficient (Wildman–Crippen LogP) is 2.20. The Morgan fingerprint density at radius 1 is 1.28 bits per heavy atom. The smallest absolute Gasteiger partial charge is 0.388 e. The predicted molar refractivity (Wildman–Crippen MR) is 61.5 cm³/mol. The van der Waals surface area contributed by atoms with Crippen molar-refractivity contribution in [3.63, 3.8) is 0 Å². The fourth-order valence-corrected chi connectivity index (χ4v) is 1.71. The number of alkyl halides is 2. The normalized spacial score (nSPS) is 10.9. The molecular weight excluding hydrogens is 240 g/mol. The maximum absolute atomic E-state index is 12.2. The molecule has 0 radical (unpaired) electrons. The number of aromatic nitrogens is 3. The first-order valence-corrected chi connectivity index (χ1v) is 5.52. The summed E-state index contributed by atoms with van der Waals surface area (Å²) in [6, 6.07) is 5.34. The third-order valence-corrected chi connectivity index (χ3v) is 2.62. The zero-order valence-electron chi connectivity index (χ0n) is 9.88. The van der Waals surface area contributed by atoms with Crippen molar-refractivity contribution in [3.05, 3.63) is 41.9 Å². The second-order valence-corrected chi connectivity index (χ2v) is 3.79. The lowest BCUT2D eigenvalue weighted by atomic mass is 10.1. The number of pyridine rings is 1. The van der Waals surface area contributed by atoms with Gasteiger partial charge in [0.2, 0.25) is 5.88 Å². The second kappa shape index (κ2) is 5.57.